The van der Waals surface area contributed by atoms with Crippen LogP contribution in [0.2, 0.25) is 0 Å². The number of carboxylic acid groups (broad SMARTS) is 1. The second-order valence-corrected chi connectivity index (χ2v) is 3.76. The van der Waals surface area contributed by atoms with Gasteiger partial charge in [0.1, 0.15) is 6.04 Å². The predicted octanol–water partition coefficient (Wildman–Crippen LogP) is -0.119. The molecule has 0 aromatic carbocycles. The van der Waals surface area contributed by atoms with Gasteiger partial charge < -0.3 is 15.7 Å². The fourth-order valence-corrected chi connectivity index (χ4v) is 1.15. The summed E-state index contributed by atoms with van der Waals surface area (Å²) in [6.07, 6.45) is 0.379. The highest BCUT2D eigenvalue weighted by atomic mass is 16.4. The van der Waals surface area contributed by atoms with Gasteiger partial charge in [0.05, 0.1) is 0 Å². The minimum absolute atomic E-state index is 0.00989. The molecule has 92 valence electrons. The molecule has 0 aliphatic carbocycles. The summed E-state index contributed by atoms with van der Waals surface area (Å²) in [5.41, 5.74) is 0. The first-order chi connectivity index (χ1) is 7.32. The zero-order chi connectivity index (χ0) is 12.7. The lowest BCUT2D eigenvalue weighted by Crippen LogP contribution is -2.46. The third-order valence-corrected chi connectivity index (χ3v) is 1.99. The lowest BCUT2D eigenvalue weighted by Gasteiger charge is -2.17. The summed E-state index contributed by atoms with van der Waals surface area (Å²) in [5, 5.41) is 13.5. The Morgan fingerprint density at radius 2 is 1.75 bits per heavy atom. The van der Waals surface area contributed by atoms with Gasteiger partial charge in [0, 0.05) is 19.4 Å². The van der Waals surface area contributed by atoms with E-state index in [4.69, 9.17) is 5.11 Å². The number of aliphatic carboxylic acids is 1. The van der Waals surface area contributed by atoms with Crippen molar-refractivity contribution in [2.45, 2.75) is 45.7 Å². The Bertz CT molecular complexity index is 278. The van der Waals surface area contributed by atoms with E-state index in [0.717, 1.165) is 0 Å². The highest BCUT2D eigenvalue weighted by Crippen LogP contribution is 1.97. The fraction of sp³-hybridized carbons (Fsp3) is 0.700. The molecule has 6 heteroatoms. The van der Waals surface area contributed by atoms with Gasteiger partial charge in [-0.1, -0.05) is 0 Å². The number of carbonyl (C=O) groups excluding carboxylic acids is 2. The largest absolute Gasteiger partial charge is 0.481 e. The first-order valence-corrected chi connectivity index (χ1v) is 5.12. The molecule has 2 atom stereocenters. The summed E-state index contributed by atoms with van der Waals surface area (Å²) in [6, 6.07) is -0.829. The van der Waals surface area contributed by atoms with Crippen molar-refractivity contribution in [3.8, 4) is 0 Å². The standard InChI is InChI=1S/C10H18N2O4/c1-6(4-5-9(14)15)11-10(16)7(2)12-8(3)13/h6-7H,4-5H2,1-3H3,(H,11,16)(H,12,13)(H,14,15). The Kier molecular flexibility index (Phi) is 6.14. The quantitative estimate of drug-likeness (QED) is 0.592. The van der Waals surface area contributed by atoms with E-state index in [9.17, 15) is 14.4 Å². The van der Waals surface area contributed by atoms with Crippen LogP contribution in [-0.4, -0.2) is 35.0 Å². The van der Waals surface area contributed by atoms with Gasteiger partial charge in [0.15, 0.2) is 0 Å². The maximum Gasteiger partial charge on any atom is 0.303 e. The highest BCUT2D eigenvalue weighted by molar-refractivity contribution is 5.86. The number of rotatable bonds is 6. The number of nitrogens with one attached hydrogen (secondary N) is 2. The first kappa shape index (κ1) is 14.4. The number of carbonyl (C=O) groups is 3. The zero-order valence-corrected chi connectivity index (χ0v) is 9.74. The monoisotopic (exact) mass is 230 g/mol. The van der Waals surface area contributed by atoms with E-state index in [2.05, 4.69) is 10.6 Å². The number of carboxylic acids is 1. The van der Waals surface area contributed by atoms with Crippen molar-refractivity contribution in [2.24, 2.45) is 0 Å². The smallest absolute Gasteiger partial charge is 0.303 e. The molecule has 0 radical (unpaired) electrons. The molecule has 3 N–H and O–H groups in total. The molecule has 2 amide bonds. The normalized spacial score (nSPS) is 13.7. The molecule has 0 aliphatic heterocycles. The van der Waals surface area contributed by atoms with Crippen molar-refractivity contribution in [1.82, 2.24) is 10.6 Å². The molecule has 0 heterocycles. The summed E-state index contributed by atoms with van der Waals surface area (Å²) in [4.78, 5) is 32.5. The molecule has 0 aliphatic rings. The zero-order valence-electron chi connectivity index (χ0n) is 9.74. The average Bonchev–Trinajstić information content (AvgIpc) is 2.13. The van der Waals surface area contributed by atoms with E-state index in [1.54, 1.807) is 13.8 Å². The summed E-state index contributed by atoms with van der Waals surface area (Å²) < 4.78 is 0. The van der Waals surface area contributed by atoms with E-state index in [1.807, 2.05) is 0 Å². The fourth-order valence-electron chi connectivity index (χ4n) is 1.15. The van der Waals surface area contributed by atoms with Gasteiger partial charge in [-0.3, -0.25) is 14.4 Å². The van der Waals surface area contributed by atoms with Crippen LogP contribution in [-0.2, 0) is 14.4 Å². The molecule has 6 nitrogen and oxygen atoms in total. The first-order valence-electron chi connectivity index (χ1n) is 5.12. The van der Waals surface area contributed by atoms with Crippen molar-refractivity contribution in [1.29, 1.82) is 0 Å². The summed E-state index contributed by atoms with van der Waals surface area (Å²) in [5.74, 6) is -1.48. The van der Waals surface area contributed by atoms with Crippen molar-refractivity contribution in [3.05, 3.63) is 0 Å². The van der Waals surface area contributed by atoms with Crippen molar-refractivity contribution < 1.29 is 19.5 Å². The van der Waals surface area contributed by atoms with Crippen LogP contribution in [0, 0.1) is 0 Å². The van der Waals surface area contributed by atoms with E-state index in [0.29, 0.717) is 6.42 Å². The lowest BCUT2D eigenvalue weighted by atomic mass is 10.1. The Hall–Kier alpha value is -1.59. The number of hydrogen-bond acceptors (Lipinski definition) is 3. The molecule has 0 fully saturated rings. The molecule has 0 saturated heterocycles. The van der Waals surface area contributed by atoms with Crippen LogP contribution >= 0.6 is 0 Å². The van der Waals surface area contributed by atoms with E-state index < -0.39 is 12.0 Å². The molecular formula is C10H18N2O4. The van der Waals surface area contributed by atoms with Crippen LogP contribution in [0.3, 0.4) is 0 Å². The second-order valence-electron chi connectivity index (χ2n) is 3.76. The van der Waals surface area contributed by atoms with Gasteiger partial charge in [0.2, 0.25) is 11.8 Å². The maximum atomic E-state index is 11.5. The van der Waals surface area contributed by atoms with Gasteiger partial charge in [-0.2, -0.15) is 0 Å². The topological polar surface area (TPSA) is 95.5 Å². The van der Waals surface area contributed by atoms with Gasteiger partial charge in [-0.15, -0.1) is 0 Å². The summed E-state index contributed by atoms with van der Waals surface area (Å²) in [7, 11) is 0. The molecule has 0 spiro atoms. The second kappa shape index (κ2) is 6.81. The van der Waals surface area contributed by atoms with Crippen molar-refractivity contribution in [2.75, 3.05) is 0 Å². The van der Waals surface area contributed by atoms with Gasteiger partial charge in [-0.05, 0) is 20.3 Å². The lowest BCUT2D eigenvalue weighted by molar-refractivity contribution is -0.137. The van der Waals surface area contributed by atoms with E-state index >= 15 is 0 Å². The van der Waals surface area contributed by atoms with Gasteiger partial charge >= 0.3 is 5.97 Å². The summed E-state index contributed by atoms with van der Waals surface area (Å²) in [6.45, 7) is 4.62. The van der Waals surface area contributed by atoms with E-state index in [-0.39, 0.29) is 24.3 Å². The minimum atomic E-state index is -0.893. The predicted molar refractivity (Wildman–Crippen MR) is 57.8 cm³/mol. The Morgan fingerprint density at radius 3 is 2.19 bits per heavy atom. The Morgan fingerprint density at radius 1 is 1.19 bits per heavy atom. The minimum Gasteiger partial charge on any atom is -0.481 e. The van der Waals surface area contributed by atoms with Gasteiger partial charge in [-0.25, -0.2) is 0 Å². The van der Waals surface area contributed by atoms with Crippen LogP contribution < -0.4 is 10.6 Å². The molecule has 2 unspecified atom stereocenters. The third-order valence-electron chi connectivity index (χ3n) is 1.99. The van der Waals surface area contributed by atoms with Crippen LogP contribution in [0.4, 0.5) is 0 Å². The highest BCUT2D eigenvalue weighted by Gasteiger charge is 2.16. The van der Waals surface area contributed by atoms with Crippen LogP contribution in [0.1, 0.15) is 33.6 Å². The third kappa shape index (κ3) is 6.80. The average molecular weight is 230 g/mol. The van der Waals surface area contributed by atoms with Crippen LogP contribution in [0.25, 0.3) is 0 Å². The van der Waals surface area contributed by atoms with Crippen molar-refractivity contribution in [3.63, 3.8) is 0 Å². The number of hydrogen-bond donors (Lipinski definition) is 3. The molecule has 0 saturated carbocycles. The Labute approximate surface area is 94.4 Å². The molecule has 0 aromatic heterocycles. The van der Waals surface area contributed by atoms with Crippen molar-refractivity contribution >= 4 is 17.8 Å². The molecule has 0 aromatic rings. The molecule has 0 bridgehead atoms. The molecule has 16 heavy (non-hydrogen) atoms. The number of amides is 2. The van der Waals surface area contributed by atoms with E-state index in [1.165, 1.54) is 6.92 Å². The molecular weight excluding hydrogens is 212 g/mol. The maximum absolute atomic E-state index is 11.5. The van der Waals surface area contributed by atoms with Gasteiger partial charge in [0.25, 0.3) is 0 Å². The van der Waals surface area contributed by atoms with Crippen LogP contribution in [0.5, 0.6) is 0 Å². The Balaban J connectivity index is 3.93. The molecule has 0 rings (SSSR count). The van der Waals surface area contributed by atoms with Crippen LogP contribution in [0.15, 0.2) is 0 Å². The SMILES string of the molecule is CC(=O)NC(C)C(=O)NC(C)CCC(=O)O. The summed E-state index contributed by atoms with van der Waals surface area (Å²) >= 11 is 0.